The van der Waals surface area contributed by atoms with Crippen molar-refractivity contribution in [2.24, 2.45) is 0 Å². The number of amides is 1. The van der Waals surface area contributed by atoms with Crippen molar-refractivity contribution in [3.8, 4) is 0 Å². The van der Waals surface area contributed by atoms with Crippen LogP contribution in [0, 0.1) is 6.92 Å². The van der Waals surface area contributed by atoms with Crippen LogP contribution in [0.15, 0.2) is 53.4 Å². The number of aliphatic hydroxyl groups excluding tert-OH is 1. The molecule has 5 nitrogen and oxygen atoms in total. The van der Waals surface area contributed by atoms with E-state index in [9.17, 15) is 13.2 Å². The third-order valence-electron chi connectivity index (χ3n) is 3.15. The van der Waals surface area contributed by atoms with Gasteiger partial charge in [-0.2, -0.15) is 0 Å². The molecule has 0 atom stereocenters. The predicted molar refractivity (Wildman–Crippen MR) is 82.6 cm³/mol. The lowest BCUT2D eigenvalue weighted by atomic mass is 10.1. The van der Waals surface area contributed by atoms with E-state index in [1.165, 1.54) is 12.1 Å². The Bertz CT molecular complexity index is 750. The molecular weight excluding hydrogens is 302 g/mol. The quantitative estimate of drug-likeness (QED) is 0.875. The number of rotatable bonds is 5. The lowest BCUT2D eigenvalue weighted by Gasteiger charge is -2.07. The molecule has 0 fully saturated rings. The molecule has 0 aliphatic heterocycles. The fourth-order valence-corrected chi connectivity index (χ4v) is 2.89. The zero-order valence-corrected chi connectivity index (χ0v) is 12.9. The summed E-state index contributed by atoms with van der Waals surface area (Å²) in [5.74, 6) is -0.600. The minimum absolute atomic E-state index is 0.0448. The second-order valence-corrected chi connectivity index (χ2v) is 6.68. The fraction of sp³-hybridized carbons (Fsp3) is 0.188. The molecule has 0 bridgehead atoms. The van der Waals surface area contributed by atoms with Crippen LogP contribution in [0.5, 0.6) is 0 Å². The van der Waals surface area contributed by atoms with Crippen LogP contribution < -0.4 is 4.72 Å². The third kappa shape index (κ3) is 4.16. The van der Waals surface area contributed by atoms with Crippen molar-refractivity contribution in [2.75, 3.05) is 0 Å². The van der Waals surface area contributed by atoms with Gasteiger partial charge in [0.1, 0.15) is 0 Å². The van der Waals surface area contributed by atoms with Gasteiger partial charge in [0.15, 0.2) is 0 Å². The van der Waals surface area contributed by atoms with Crippen molar-refractivity contribution in [3.05, 3.63) is 65.2 Å². The highest BCUT2D eigenvalue weighted by Gasteiger charge is 2.17. The normalized spacial score (nSPS) is 11.2. The number of sulfonamides is 1. The van der Waals surface area contributed by atoms with E-state index in [2.05, 4.69) is 4.72 Å². The molecule has 2 aromatic rings. The number of carbonyl (C=O) groups excluding carboxylic acids is 1. The molecular formula is C16H17NO4S. The minimum Gasteiger partial charge on any atom is -0.392 e. The second-order valence-electron chi connectivity index (χ2n) is 4.99. The molecule has 0 saturated heterocycles. The zero-order chi connectivity index (χ0) is 16.2. The average Bonchev–Trinajstić information content (AvgIpc) is 2.48. The van der Waals surface area contributed by atoms with Gasteiger partial charge in [0.05, 0.1) is 17.9 Å². The highest BCUT2D eigenvalue weighted by atomic mass is 32.2. The minimum atomic E-state index is -3.85. The monoisotopic (exact) mass is 319 g/mol. The molecule has 0 saturated carbocycles. The van der Waals surface area contributed by atoms with Gasteiger partial charge in [0.25, 0.3) is 10.0 Å². The summed E-state index contributed by atoms with van der Waals surface area (Å²) in [5.41, 5.74) is 2.35. The van der Waals surface area contributed by atoms with E-state index in [1.54, 1.807) is 36.4 Å². The maximum atomic E-state index is 12.1. The largest absolute Gasteiger partial charge is 0.392 e. The van der Waals surface area contributed by atoms with Gasteiger partial charge in [0, 0.05) is 0 Å². The SMILES string of the molecule is Cc1ccc(S(=O)(=O)NC(=O)Cc2ccc(CO)cc2)cc1. The Morgan fingerprint density at radius 1 is 1.00 bits per heavy atom. The van der Waals surface area contributed by atoms with Crippen LogP contribution in [0.25, 0.3) is 0 Å². The van der Waals surface area contributed by atoms with Crippen molar-refractivity contribution in [2.45, 2.75) is 24.8 Å². The molecule has 0 aliphatic carbocycles. The second kappa shape index (κ2) is 6.72. The molecule has 6 heteroatoms. The van der Waals surface area contributed by atoms with Crippen LogP contribution in [-0.4, -0.2) is 19.4 Å². The van der Waals surface area contributed by atoms with Crippen molar-refractivity contribution in [1.82, 2.24) is 4.72 Å². The summed E-state index contributed by atoms with van der Waals surface area (Å²) in [6.45, 7) is 1.78. The van der Waals surface area contributed by atoms with E-state index in [-0.39, 0.29) is 17.9 Å². The summed E-state index contributed by atoms with van der Waals surface area (Å²) >= 11 is 0. The number of aliphatic hydroxyl groups is 1. The molecule has 0 aliphatic rings. The van der Waals surface area contributed by atoms with Crippen molar-refractivity contribution in [3.63, 3.8) is 0 Å². The molecule has 0 spiro atoms. The molecule has 0 heterocycles. The van der Waals surface area contributed by atoms with Crippen LogP contribution in [0.3, 0.4) is 0 Å². The van der Waals surface area contributed by atoms with E-state index in [4.69, 9.17) is 5.11 Å². The molecule has 22 heavy (non-hydrogen) atoms. The lowest BCUT2D eigenvalue weighted by molar-refractivity contribution is -0.118. The van der Waals surface area contributed by atoms with Gasteiger partial charge in [-0.3, -0.25) is 4.79 Å². The number of nitrogens with one attached hydrogen (secondary N) is 1. The molecule has 0 aromatic heterocycles. The van der Waals surface area contributed by atoms with Crippen molar-refractivity contribution < 1.29 is 18.3 Å². The fourth-order valence-electron chi connectivity index (χ4n) is 1.91. The number of benzene rings is 2. The van der Waals surface area contributed by atoms with E-state index < -0.39 is 15.9 Å². The smallest absolute Gasteiger partial charge is 0.264 e. The molecule has 2 rings (SSSR count). The van der Waals surface area contributed by atoms with Crippen molar-refractivity contribution >= 4 is 15.9 Å². The highest BCUT2D eigenvalue weighted by molar-refractivity contribution is 7.90. The molecule has 2 N–H and O–H groups in total. The summed E-state index contributed by atoms with van der Waals surface area (Å²) in [4.78, 5) is 11.9. The number of hydrogen-bond donors (Lipinski definition) is 2. The number of aryl methyl sites for hydroxylation is 1. The van der Waals surface area contributed by atoms with Gasteiger partial charge in [-0.05, 0) is 30.2 Å². The molecule has 1 amide bonds. The lowest BCUT2D eigenvalue weighted by Crippen LogP contribution is -2.31. The van der Waals surface area contributed by atoms with E-state index in [1.807, 2.05) is 6.92 Å². The van der Waals surface area contributed by atoms with Crippen LogP contribution in [0.1, 0.15) is 16.7 Å². The van der Waals surface area contributed by atoms with Crippen LogP contribution in [0.2, 0.25) is 0 Å². The first-order valence-electron chi connectivity index (χ1n) is 6.72. The topological polar surface area (TPSA) is 83.5 Å². The van der Waals surface area contributed by atoms with Gasteiger partial charge < -0.3 is 5.11 Å². The maximum Gasteiger partial charge on any atom is 0.264 e. The Balaban J connectivity index is 2.05. The van der Waals surface area contributed by atoms with E-state index >= 15 is 0 Å². The van der Waals surface area contributed by atoms with Crippen LogP contribution in [0.4, 0.5) is 0 Å². The third-order valence-corrected chi connectivity index (χ3v) is 4.54. The number of carbonyl (C=O) groups is 1. The number of hydrogen-bond acceptors (Lipinski definition) is 4. The Kier molecular flexibility index (Phi) is 4.95. The maximum absolute atomic E-state index is 12.1. The average molecular weight is 319 g/mol. The van der Waals surface area contributed by atoms with Crippen LogP contribution >= 0.6 is 0 Å². The van der Waals surface area contributed by atoms with Gasteiger partial charge >= 0.3 is 0 Å². The zero-order valence-electron chi connectivity index (χ0n) is 12.1. The Morgan fingerprint density at radius 3 is 2.09 bits per heavy atom. The first kappa shape index (κ1) is 16.2. The molecule has 0 unspecified atom stereocenters. The summed E-state index contributed by atoms with van der Waals surface area (Å²) in [6.07, 6.45) is -0.0448. The van der Waals surface area contributed by atoms with Crippen molar-refractivity contribution in [1.29, 1.82) is 0 Å². The molecule has 116 valence electrons. The Hall–Kier alpha value is -2.18. The Morgan fingerprint density at radius 2 is 1.55 bits per heavy atom. The predicted octanol–water partition coefficient (Wildman–Crippen LogP) is 1.53. The summed E-state index contributed by atoms with van der Waals surface area (Å²) in [5, 5.41) is 8.95. The summed E-state index contributed by atoms with van der Waals surface area (Å²) in [7, 11) is -3.85. The molecule has 0 radical (unpaired) electrons. The molecule has 2 aromatic carbocycles. The summed E-state index contributed by atoms with van der Waals surface area (Å²) < 4.78 is 26.2. The van der Waals surface area contributed by atoms with E-state index in [0.29, 0.717) is 5.56 Å². The van der Waals surface area contributed by atoms with Gasteiger partial charge in [-0.25, -0.2) is 13.1 Å². The highest BCUT2D eigenvalue weighted by Crippen LogP contribution is 2.11. The van der Waals surface area contributed by atoms with Gasteiger partial charge in [-0.1, -0.05) is 42.0 Å². The first-order chi connectivity index (χ1) is 10.4. The van der Waals surface area contributed by atoms with Gasteiger partial charge in [-0.15, -0.1) is 0 Å². The Labute approximate surface area is 129 Å². The van der Waals surface area contributed by atoms with E-state index in [0.717, 1.165) is 11.1 Å². The summed E-state index contributed by atoms with van der Waals surface area (Å²) in [6, 6.07) is 13.0. The standard InChI is InChI=1S/C16H17NO4S/c1-12-2-8-15(9-3-12)22(20,21)17-16(19)10-13-4-6-14(11-18)7-5-13/h2-9,18H,10-11H2,1H3,(H,17,19). The van der Waals surface area contributed by atoms with Crippen LogP contribution in [-0.2, 0) is 27.8 Å². The first-order valence-corrected chi connectivity index (χ1v) is 8.20. The van der Waals surface area contributed by atoms with Gasteiger partial charge in [0.2, 0.25) is 5.91 Å².